The Kier molecular flexibility index (Phi) is 4.09. The lowest BCUT2D eigenvalue weighted by molar-refractivity contribution is 0.100. The van der Waals surface area contributed by atoms with Gasteiger partial charge in [-0.2, -0.15) is 5.10 Å². The Hall–Kier alpha value is -1.56. The number of nitrogens with two attached hydrogens (primary N) is 2. The van der Waals surface area contributed by atoms with Crippen molar-refractivity contribution >= 4 is 11.7 Å². The second kappa shape index (κ2) is 5.61. The average molecular weight is 265 g/mol. The molecule has 6 heteroatoms. The number of rotatable bonds is 4. The van der Waals surface area contributed by atoms with Gasteiger partial charge in [-0.1, -0.05) is 12.8 Å². The fraction of sp³-hybridized carbons (Fsp3) is 0.692. The minimum absolute atomic E-state index is 0.298. The van der Waals surface area contributed by atoms with E-state index in [1.165, 1.54) is 12.8 Å². The van der Waals surface area contributed by atoms with Crippen LogP contribution in [0, 0.1) is 12.8 Å². The minimum Gasteiger partial charge on any atom is -0.367 e. The van der Waals surface area contributed by atoms with Gasteiger partial charge in [-0.25, -0.2) is 0 Å². The lowest BCUT2D eigenvalue weighted by Crippen LogP contribution is -2.37. The molecular formula is C13H23N5O. The number of amides is 1. The van der Waals surface area contributed by atoms with Crippen molar-refractivity contribution in [1.29, 1.82) is 0 Å². The van der Waals surface area contributed by atoms with E-state index >= 15 is 0 Å². The van der Waals surface area contributed by atoms with Crippen LogP contribution in [0.15, 0.2) is 0 Å². The number of nitrogens with one attached hydrogen (secondary N) is 1. The van der Waals surface area contributed by atoms with Crippen molar-refractivity contribution in [1.82, 2.24) is 9.78 Å². The number of hydrogen-bond acceptors (Lipinski definition) is 4. The van der Waals surface area contributed by atoms with Gasteiger partial charge in [0, 0.05) is 13.1 Å². The van der Waals surface area contributed by atoms with Crippen LogP contribution in [0.25, 0.3) is 0 Å². The number of anilines is 1. The molecule has 0 saturated heterocycles. The molecule has 19 heavy (non-hydrogen) atoms. The van der Waals surface area contributed by atoms with E-state index < -0.39 is 5.91 Å². The largest absolute Gasteiger partial charge is 0.367 e. The van der Waals surface area contributed by atoms with Gasteiger partial charge in [0.2, 0.25) is 0 Å². The van der Waals surface area contributed by atoms with Crippen LogP contribution in [0.2, 0.25) is 0 Å². The van der Waals surface area contributed by atoms with Gasteiger partial charge in [-0.05, 0) is 32.2 Å². The first-order valence-electron chi connectivity index (χ1n) is 6.84. The quantitative estimate of drug-likeness (QED) is 0.748. The van der Waals surface area contributed by atoms with Crippen molar-refractivity contribution in [2.75, 3.05) is 11.9 Å². The summed E-state index contributed by atoms with van der Waals surface area (Å²) in [5.74, 6) is 0.730. The summed E-state index contributed by atoms with van der Waals surface area (Å²) in [5, 5.41) is 7.71. The molecule has 106 valence electrons. The molecule has 2 rings (SSSR count). The van der Waals surface area contributed by atoms with E-state index in [-0.39, 0.29) is 0 Å². The second-order valence-electron chi connectivity index (χ2n) is 5.33. The van der Waals surface area contributed by atoms with Crippen LogP contribution in [0.4, 0.5) is 5.82 Å². The number of aryl methyl sites for hydroxylation is 2. The molecule has 6 nitrogen and oxygen atoms in total. The zero-order valence-corrected chi connectivity index (χ0v) is 11.6. The molecule has 1 amide bonds. The molecule has 5 N–H and O–H groups in total. The normalized spacial score (nSPS) is 23.3. The molecule has 2 unspecified atom stereocenters. The van der Waals surface area contributed by atoms with E-state index in [9.17, 15) is 4.79 Å². The summed E-state index contributed by atoms with van der Waals surface area (Å²) in [6.07, 6.45) is 4.63. The van der Waals surface area contributed by atoms with E-state index in [0.717, 1.165) is 18.7 Å². The van der Waals surface area contributed by atoms with Gasteiger partial charge in [0.15, 0.2) is 0 Å². The number of hydrogen-bond donors (Lipinski definition) is 3. The van der Waals surface area contributed by atoms with Crippen LogP contribution >= 0.6 is 0 Å². The third-order valence-corrected chi connectivity index (χ3v) is 4.00. The molecule has 0 radical (unpaired) electrons. The molecule has 0 aromatic carbocycles. The van der Waals surface area contributed by atoms with Crippen LogP contribution in [0.3, 0.4) is 0 Å². The van der Waals surface area contributed by atoms with Gasteiger partial charge in [-0.15, -0.1) is 0 Å². The van der Waals surface area contributed by atoms with Crippen molar-refractivity contribution in [2.45, 2.75) is 38.6 Å². The topological polar surface area (TPSA) is 99.0 Å². The highest BCUT2D eigenvalue weighted by Gasteiger charge is 2.27. The van der Waals surface area contributed by atoms with Crippen LogP contribution in [-0.4, -0.2) is 28.3 Å². The Labute approximate surface area is 113 Å². The van der Waals surface area contributed by atoms with Crippen LogP contribution in [-0.2, 0) is 7.05 Å². The average Bonchev–Trinajstić information content (AvgIpc) is 2.65. The molecule has 0 bridgehead atoms. The molecule has 1 aliphatic carbocycles. The Morgan fingerprint density at radius 2 is 2.16 bits per heavy atom. The molecule has 1 heterocycles. The number of aromatic nitrogens is 2. The van der Waals surface area contributed by atoms with Gasteiger partial charge in [-0.3, -0.25) is 9.48 Å². The Morgan fingerprint density at radius 3 is 2.79 bits per heavy atom. The summed E-state index contributed by atoms with van der Waals surface area (Å²) in [6.45, 7) is 2.47. The first-order chi connectivity index (χ1) is 9.04. The van der Waals surface area contributed by atoms with Crippen molar-refractivity contribution in [3.05, 3.63) is 11.3 Å². The van der Waals surface area contributed by atoms with Crippen molar-refractivity contribution in [3.8, 4) is 0 Å². The Balaban J connectivity index is 2.24. The summed E-state index contributed by atoms with van der Waals surface area (Å²) in [4.78, 5) is 11.6. The molecule has 0 spiro atoms. The van der Waals surface area contributed by atoms with Crippen LogP contribution < -0.4 is 16.8 Å². The monoisotopic (exact) mass is 265 g/mol. The highest BCUT2D eigenvalue weighted by atomic mass is 16.1. The molecule has 1 aromatic heterocycles. The zero-order valence-electron chi connectivity index (χ0n) is 11.6. The molecule has 1 aliphatic rings. The first-order valence-corrected chi connectivity index (χ1v) is 6.84. The van der Waals surface area contributed by atoms with Crippen molar-refractivity contribution in [3.63, 3.8) is 0 Å². The lowest BCUT2D eigenvalue weighted by Gasteiger charge is -2.32. The van der Waals surface area contributed by atoms with E-state index in [4.69, 9.17) is 11.5 Å². The molecule has 1 aromatic rings. The van der Waals surface area contributed by atoms with Gasteiger partial charge >= 0.3 is 0 Å². The minimum atomic E-state index is -0.437. The van der Waals surface area contributed by atoms with Crippen LogP contribution in [0.1, 0.15) is 41.7 Å². The Morgan fingerprint density at radius 1 is 1.47 bits per heavy atom. The third kappa shape index (κ3) is 2.73. The van der Waals surface area contributed by atoms with E-state index in [1.807, 2.05) is 7.05 Å². The molecule has 2 atom stereocenters. The Bertz CT molecular complexity index is 468. The fourth-order valence-electron chi connectivity index (χ4n) is 2.97. The summed E-state index contributed by atoms with van der Waals surface area (Å²) >= 11 is 0. The molecular weight excluding hydrogens is 242 g/mol. The summed E-state index contributed by atoms with van der Waals surface area (Å²) in [7, 11) is 1.82. The lowest BCUT2D eigenvalue weighted by atomic mass is 9.84. The van der Waals surface area contributed by atoms with Gasteiger partial charge in [0.05, 0.1) is 5.69 Å². The van der Waals surface area contributed by atoms with Crippen molar-refractivity contribution in [2.24, 2.45) is 24.4 Å². The number of primary amides is 1. The van der Waals surface area contributed by atoms with Crippen LogP contribution in [0.5, 0.6) is 0 Å². The van der Waals surface area contributed by atoms with Gasteiger partial charge in [0.1, 0.15) is 11.4 Å². The molecule has 1 fully saturated rings. The van der Waals surface area contributed by atoms with Gasteiger partial charge < -0.3 is 16.8 Å². The maximum absolute atomic E-state index is 11.6. The number of carbonyl (C=O) groups is 1. The highest BCUT2D eigenvalue weighted by molar-refractivity contribution is 5.98. The summed E-state index contributed by atoms with van der Waals surface area (Å²) in [6, 6.07) is 0.298. The zero-order chi connectivity index (χ0) is 14.0. The number of carbonyl (C=O) groups excluding carboxylic acids is 1. The smallest absolute Gasteiger partial charge is 0.254 e. The molecule has 0 aliphatic heterocycles. The van der Waals surface area contributed by atoms with Gasteiger partial charge in [0.25, 0.3) is 5.91 Å². The highest BCUT2D eigenvalue weighted by Crippen LogP contribution is 2.28. The predicted molar refractivity (Wildman–Crippen MR) is 74.9 cm³/mol. The predicted octanol–water partition coefficient (Wildman–Crippen LogP) is 0.757. The van der Waals surface area contributed by atoms with Crippen molar-refractivity contribution < 1.29 is 4.79 Å². The summed E-state index contributed by atoms with van der Waals surface area (Å²) in [5.41, 5.74) is 12.4. The van der Waals surface area contributed by atoms with E-state index in [2.05, 4.69) is 10.4 Å². The first kappa shape index (κ1) is 13.9. The maximum atomic E-state index is 11.6. The second-order valence-corrected chi connectivity index (χ2v) is 5.33. The molecule has 1 saturated carbocycles. The number of nitrogens with zero attached hydrogens (tertiary/aromatic N) is 2. The maximum Gasteiger partial charge on any atom is 0.254 e. The van der Waals surface area contributed by atoms with E-state index in [0.29, 0.717) is 29.8 Å². The SMILES string of the molecule is Cc1nn(C)c(NC2CCCCC2CN)c1C(N)=O. The van der Waals surface area contributed by atoms with E-state index in [1.54, 1.807) is 11.6 Å². The summed E-state index contributed by atoms with van der Waals surface area (Å²) < 4.78 is 1.69. The standard InChI is InChI=1S/C13H23N5O/c1-8-11(12(15)19)13(18(2)17-8)16-10-6-4-3-5-9(10)7-14/h9-10,16H,3-7,14H2,1-2H3,(H2,15,19). The third-order valence-electron chi connectivity index (χ3n) is 4.00. The fourth-order valence-corrected chi connectivity index (χ4v) is 2.97.